The fourth-order valence-electron chi connectivity index (χ4n) is 3.57. The summed E-state index contributed by atoms with van der Waals surface area (Å²) >= 11 is 6.93. The Balaban J connectivity index is 1.63. The molecule has 0 aliphatic rings. The number of hydrogen-bond donors (Lipinski definition) is 1. The van der Waals surface area contributed by atoms with E-state index in [9.17, 15) is 9.59 Å². The van der Waals surface area contributed by atoms with Crippen molar-refractivity contribution in [3.05, 3.63) is 85.4 Å². The van der Waals surface area contributed by atoms with Crippen LogP contribution < -0.4 is 15.6 Å². The smallest absolute Gasteiger partial charge is 0.260 e. The number of rotatable bonds is 6. The highest BCUT2D eigenvalue weighted by Gasteiger charge is 2.13. The Morgan fingerprint density at radius 1 is 1.06 bits per heavy atom. The van der Waals surface area contributed by atoms with Crippen LogP contribution in [0.25, 0.3) is 21.8 Å². The number of benzene rings is 3. The fraction of sp³-hybridized carbons (Fsp3) is 0.125. The maximum atomic E-state index is 12.8. The quantitative estimate of drug-likeness (QED) is 0.201. The molecule has 1 aromatic heterocycles. The molecule has 8 heteroatoms. The first-order chi connectivity index (χ1) is 15.5. The van der Waals surface area contributed by atoms with Gasteiger partial charge in [0.2, 0.25) is 0 Å². The fourth-order valence-corrected chi connectivity index (χ4v) is 4.95. The molecule has 3 aromatic carbocycles. The van der Waals surface area contributed by atoms with Crippen LogP contribution in [0, 0.1) is 0 Å². The van der Waals surface area contributed by atoms with E-state index in [0.29, 0.717) is 39.7 Å². The first-order valence-corrected chi connectivity index (χ1v) is 11.5. The van der Waals surface area contributed by atoms with Crippen molar-refractivity contribution in [3.8, 4) is 5.75 Å². The minimum Gasteiger partial charge on any atom is -0.492 e. The molecule has 0 saturated heterocycles. The molecule has 32 heavy (non-hydrogen) atoms. The monoisotopic (exact) mass is 555 g/mol. The third-order valence-electron chi connectivity index (χ3n) is 4.90. The average molecular weight is 557 g/mol. The lowest BCUT2D eigenvalue weighted by atomic mass is 10.1. The summed E-state index contributed by atoms with van der Waals surface area (Å²) in [6.45, 7) is 2.41. The molecule has 0 atom stereocenters. The number of pyridine rings is 1. The number of nitrogens with zero attached hydrogens (tertiary/aromatic N) is 2. The molecule has 1 amide bonds. The zero-order chi connectivity index (χ0) is 22.7. The second kappa shape index (κ2) is 9.67. The number of hydrazone groups is 1. The molecule has 0 aliphatic heterocycles. The lowest BCUT2D eigenvalue weighted by Gasteiger charge is -2.14. The van der Waals surface area contributed by atoms with Gasteiger partial charge in [0.15, 0.2) is 5.43 Å². The molecule has 1 heterocycles. The average Bonchev–Trinajstić information content (AvgIpc) is 2.79. The molecular weight excluding hydrogens is 538 g/mol. The van der Waals surface area contributed by atoms with Gasteiger partial charge in [0, 0.05) is 20.8 Å². The molecule has 4 rings (SSSR count). The van der Waals surface area contributed by atoms with Gasteiger partial charge in [-0.05, 0) is 59.3 Å². The summed E-state index contributed by atoms with van der Waals surface area (Å²) in [5, 5.41) is 5.26. The first kappa shape index (κ1) is 22.2. The molecule has 0 bridgehead atoms. The van der Waals surface area contributed by atoms with Crippen molar-refractivity contribution in [2.75, 3.05) is 6.61 Å². The lowest BCUT2D eigenvalue weighted by Crippen LogP contribution is -2.25. The van der Waals surface area contributed by atoms with Crippen molar-refractivity contribution in [2.24, 2.45) is 5.10 Å². The summed E-state index contributed by atoms with van der Waals surface area (Å²) < 4.78 is 9.15. The van der Waals surface area contributed by atoms with Crippen LogP contribution in [-0.2, 0) is 11.3 Å². The van der Waals surface area contributed by atoms with Crippen molar-refractivity contribution < 1.29 is 9.53 Å². The molecule has 0 radical (unpaired) electrons. The Morgan fingerprint density at radius 3 is 2.31 bits per heavy atom. The topological polar surface area (TPSA) is 72.7 Å². The van der Waals surface area contributed by atoms with Crippen LogP contribution in [0.3, 0.4) is 0 Å². The number of amides is 1. The molecule has 162 valence electrons. The van der Waals surface area contributed by atoms with Crippen molar-refractivity contribution in [3.63, 3.8) is 0 Å². The zero-order valence-electron chi connectivity index (χ0n) is 17.1. The molecule has 4 aromatic rings. The van der Waals surface area contributed by atoms with Crippen LogP contribution in [0.4, 0.5) is 0 Å². The maximum absolute atomic E-state index is 12.8. The lowest BCUT2D eigenvalue weighted by molar-refractivity contribution is -0.121. The highest BCUT2D eigenvalue weighted by atomic mass is 79.9. The summed E-state index contributed by atoms with van der Waals surface area (Å²) in [6.07, 6.45) is 1.54. The molecule has 6 nitrogen and oxygen atoms in total. The summed E-state index contributed by atoms with van der Waals surface area (Å²) in [6, 6.07) is 18.3. The third kappa shape index (κ3) is 4.47. The largest absolute Gasteiger partial charge is 0.492 e. The second-order valence-corrected chi connectivity index (χ2v) is 8.75. The minimum atomic E-state index is -0.313. The number of aromatic nitrogens is 1. The van der Waals surface area contributed by atoms with Gasteiger partial charge in [-0.15, -0.1) is 0 Å². The van der Waals surface area contributed by atoms with E-state index < -0.39 is 0 Å². The molecule has 0 spiro atoms. The molecule has 0 fully saturated rings. The van der Waals surface area contributed by atoms with Gasteiger partial charge in [0.25, 0.3) is 5.91 Å². The van der Waals surface area contributed by atoms with E-state index in [4.69, 9.17) is 4.74 Å². The summed E-state index contributed by atoms with van der Waals surface area (Å²) in [4.78, 5) is 25.6. The van der Waals surface area contributed by atoms with Crippen LogP contribution >= 0.6 is 31.9 Å². The van der Waals surface area contributed by atoms with Gasteiger partial charge in [-0.25, -0.2) is 5.43 Å². The number of carbonyl (C=O) groups excluding carboxylic acids is 1. The number of hydrogen-bond acceptors (Lipinski definition) is 4. The van der Waals surface area contributed by atoms with Crippen LogP contribution in [0.15, 0.2) is 79.5 Å². The van der Waals surface area contributed by atoms with Gasteiger partial charge in [-0.3, -0.25) is 9.59 Å². The Hall–Kier alpha value is -2.97. The van der Waals surface area contributed by atoms with E-state index in [1.165, 1.54) is 0 Å². The van der Waals surface area contributed by atoms with Gasteiger partial charge in [0.1, 0.15) is 12.3 Å². The van der Waals surface area contributed by atoms with Crippen LogP contribution in [-0.4, -0.2) is 23.3 Å². The van der Waals surface area contributed by atoms with Crippen LogP contribution in [0.2, 0.25) is 0 Å². The Bertz CT molecular complexity index is 1350. The molecular formula is C24H19Br2N3O3. The van der Waals surface area contributed by atoms with Crippen molar-refractivity contribution in [1.29, 1.82) is 0 Å². The van der Waals surface area contributed by atoms with E-state index in [2.05, 4.69) is 42.4 Å². The molecule has 0 aliphatic carbocycles. The van der Waals surface area contributed by atoms with E-state index in [1.54, 1.807) is 18.3 Å². The standard InChI is InChI=1S/C24H19Br2N3O3/c1-2-32-24-15(11-16(25)12-19(24)26)13-27-28-22(30)14-29-20-9-5-3-7-17(20)23(31)18-8-4-6-10-21(18)29/h3-13H,2,14H2,1H3,(H,28,30)/b27-13-. The number of nitrogens with one attached hydrogen (secondary N) is 1. The predicted octanol–water partition coefficient (Wildman–Crippen LogP) is 5.23. The van der Waals surface area contributed by atoms with E-state index in [1.807, 2.05) is 60.0 Å². The molecule has 0 unspecified atom stereocenters. The summed E-state index contributed by atoms with van der Waals surface area (Å²) in [5.41, 5.74) is 4.64. The number of halogens is 2. The maximum Gasteiger partial charge on any atom is 0.260 e. The predicted molar refractivity (Wildman–Crippen MR) is 134 cm³/mol. The molecule has 0 saturated carbocycles. The van der Waals surface area contributed by atoms with Crippen molar-refractivity contribution in [2.45, 2.75) is 13.5 Å². The summed E-state index contributed by atoms with van der Waals surface area (Å²) in [7, 11) is 0. The van der Waals surface area contributed by atoms with E-state index in [-0.39, 0.29) is 17.9 Å². The van der Waals surface area contributed by atoms with E-state index in [0.717, 1.165) is 8.95 Å². The first-order valence-electron chi connectivity index (χ1n) is 9.93. The Morgan fingerprint density at radius 2 is 1.69 bits per heavy atom. The SMILES string of the molecule is CCOc1c(Br)cc(Br)cc1/C=N\NC(=O)Cn1c2ccccc2c(=O)c2ccccc21. The van der Waals surface area contributed by atoms with E-state index >= 15 is 0 Å². The van der Waals surface area contributed by atoms with Crippen LogP contribution in [0.5, 0.6) is 5.75 Å². The van der Waals surface area contributed by atoms with Crippen molar-refractivity contribution in [1.82, 2.24) is 9.99 Å². The highest BCUT2D eigenvalue weighted by molar-refractivity contribution is 9.11. The highest BCUT2D eigenvalue weighted by Crippen LogP contribution is 2.32. The second-order valence-electron chi connectivity index (χ2n) is 6.98. The minimum absolute atomic E-state index is 0.0130. The van der Waals surface area contributed by atoms with Crippen molar-refractivity contribution >= 4 is 65.8 Å². The Labute approximate surface area is 201 Å². The zero-order valence-corrected chi connectivity index (χ0v) is 20.3. The van der Waals surface area contributed by atoms with Gasteiger partial charge in [0.05, 0.1) is 28.3 Å². The summed E-state index contributed by atoms with van der Waals surface area (Å²) in [5.74, 6) is 0.332. The van der Waals surface area contributed by atoms with Gasteiger partial charge in [-0.1, -0.05) is 40.2 Å². The number of fused-ring (bicyclic) bond motifs is 2. The normalized spacial score (nSPS) is 11.3. The molecule has 1 N–H and O–H groups in total. The number of ether oxygens (including phenoxy) is 1. The van der Waals surface area contributed by atoms with Crippen LogP contribution in [0.1, 0.15) is 12.5 Å². The number of para-hydroxylation sites is 2. The third-order valence-corrected chi connectivity index (χ3v) is 5.95. The number of carbonyl (C=O) groups is 1. The Kier molecular flexibility index (Phi) is 6.72. The van der Waals surface area contributed by atoms with Gasteiger partial charge >= 0.3 is 0 Å². The van der Waals surface area contributed by atoms with Gasteiger partial charge in [-0.2, -0.15) is 5.10 Å². The van der Waals surface area contributed by atoms with Gasteiger partial charge < -0.3 is 9.30 Å².